The molecule has 14 heteroatoms. The van der Waals surface area contributed by atoms with Gasteiger partial charge in [0, 0.05) is 33.0 Å². The monoisotopic (exact) mass is 769 g/mol. The highest BCUT2D eigenvalue weighted by Gasteiger charge is 2.45. The summed E-state index contributed by atoms with van der Waals surface area (Å²) in [6.07, 6.45) is 5.60. The van der Waals surface area contributed by atoms with Gasteiger partial charge in [0.1, 0.15) is 10.0 Å². The zero-order chi connectivity index (χ0) is 37.0. The lowest BCUT2D eigenvalue weighted by Gasteiger charge is -2.48. The number of aromatic carboxylic acids is 1. The van der Waals surface area contributed by atoms with Crippen LogP contribution in [-0.4, -0.2) is 74.2 Å². The van der Waals surface area contributed by atoms with E-state index < -0.39 is 30.0 Å². The smallest absolute Gasteiger partial charge is 0.333 e. The molecule has 2 atom stereocenters. The summed E-state index contributed by atoms with van der Waals surface area (Å²) in [5.74, 6) is -1.70. The number of fused-ring (bicyclic) bond motifs is 3. The number of aliphatic hydroxyl groups excluding tert-OH is 1. The fourth-order valence-electron chi connectivity index (χ4n) is 7.30. The van der Waals surface area contributed by atoms with Gasteiger partial charge in [-0.1, -0.05) is 59.6 Å². The Hall–Kier alpha value is -3.91. The van der Waals surface area contributed by atoms with Gasteiger partial charge in [0.15, 0.2) is 17.0 Å². The van der Waals surface area contributed by atoms with Crippen molar-refractivity contribution >= 4 is 46.5 Å². The molecular formula is C38H41Cl2N3O8S. The second-order valence-electron chi connectivity index (χ2n) is 13.4. The molecule has 276 valence electrons. The second kappa shape index (κ2) is 16.0. The van der Waals surface area contributed by atoms with E-state index in [2.05, 4.69) is 10.2 Å². The van der Waals surface area contributed by atoms with Crippen LogP contribution in [0.4, 0.5) is 0 Å². The number of carboxylic acids is 1. The number of esters is 1. The molecule has 5 heterocycles. The second-order valence-corrected chi connectivity index (χ2v) is 15.4. The molecule has 0 amide bonds. The number of ether oxygens (including phenoxy) is 3. The number of aliphatic hydroxyl groups is 1. The molecular weight excluding hydrogens is 729 g/mol. The minimum Gasteiger partial charge on any atom is -0.544 e. The molecule has 3 aliphatic heterocycles. The fourth-order valence-corrected chi connectivity index (χ4v) is 8.90. The number of rotatable bonds is 15. The molecule has 2 bridgehead atoms. The van der Waals surface area contributed by atoms with Crippen LogP contribution in [-0.2, 0) is 28.0 Å². The number of methoxy groups -OCH3 is 2. The Morgan fingerprint density at radius 3 is 2.27 bits per heavy atom. The number of nitrogens with zero attached hydrogens (tertiary/aromatic N) is 2. The summed E-state index contributed by atoms with van der Waals surface area (Å²) < 4.78 is 17.8. The van der Waals surface area contributed by atoms with E-state index in [-0.39, 0.29) is 39.9 Å². The Kier molecular flexibility index (Phi) is 11.6. The molecule has 1 unspecified atom stereocenters. The Morgan fingerprint density at radius 1 is 1.02 bits per heavy atom. The van der Waals surface area contributed by atoms with Crippen molar-refractivity contribution in [2.75, 3.05) is 47.1 Å². The Balaban J connectivity index is 1.35. The maximum atomic E-state index is 14.1. The molecule has 0 saturated carbocycles. The summed E-state index contributed by atoms with van der Waals surface area (Å²) in [6.45, 7) is 2.64. The van der Waals surface area contributed by atoms with Gasteiger partial charge in [0.05, 0.1) is 38.3 Å². The average molecular weight is 771 g/mol. The van der Waals surface area contributed by atoms with Crippen molar-refractivity contribution in [1.29, 1.82) is 0 Å². The molecule has 0 radical (unpaired) electrons. The lowest BCUT2D eigenvalue weighted by Crippen LogP contribution is -2.55. The largest absolute Gasteiger partial charge is 0.544 e. The molecule has 0 aliphatic carbocycles. The first-order chi connectivity index (χ1) is 25.0. The van der Waals surface area contributed by atoms with Crippen molar-refractivity contribution in [2.45, 2.75) is 43.7 Å². The van der Waals surface area contributed by atoms with Gasteiger partial charge in [0.25, 0.3) is 0 Å². The molecule has 3 N–H and O–H groups in total. The lowest BCUT2D eigenvalue weighted by molar-refractivity contribution is -0.904. The topological polar surface area (TPSA) is 144 Å². The van der Waals surface area contributed by atoms with Gasteiger partial charge in [-0.25, -0.2) is 4.79 Å². The first-order valence-electron chi connectivity index (χ1n) is 17.0. The van der Waals surface area contributed by atoms with Crippen LogP contribution in [0.1, 0.15) is 62.0 Å². The van der Waals surface area contributed by atoms with Crippen molar-refractivity contribution < 1.29 is 44.0 Å². The molecule has 3 aliphatic rings. The lowest BCUT2D eigenvalue weighted by atomic mass is 9.73. The Labute approximate surface area is 316 Å². The summed E-state index contributed by atoms with van der Waals surface area (Å²) in [5, 5.41) is 37.3. The van der Waals surface area contributed by atoms with Crippen LogP contribution < -0.4 is 24.6 Å². The number of piperidine rings is 3. The summed E-state index contributed by atoms with van der Waals surface area (Å²) in [4.78, 5) is 29.8. The van der Waals surface area contributed by atoms with Crippen molar-refractivity contribution in [3.8, 4) is 11.5 Å². The van der Waals surface area contributed by atoms with Gasteiger partial charge >= 0.3 is 5.97 Å². The molecule has 3 fully saturated rings. The molecule has 2 aromatic carbocycles. The van der Waals surface area contributed by atoms with Crippen molar-refractivity contribution in [1.82, 2.24) is 10.2 Å². The van der Waals surface area contributed by atoms with Gasteiger partial charge in [-0.2, -0.15) is 0 Å². The van der Waals surface area contributed by atoms with E-state index in [1.165, 1.54) is 26.6 Å². The third-order valence-electron chi connectivity index (χ3n) is 10.5. The first kappa shape index (κ1) is 37.8. The zero-order valence-corrected chi connectivity index (χ0v) is 31.2. The van der Waals surface area contributed by atoms with Crippen molar-refractivity contribution in [2.24, 2.45) is 5.41 Å². The minimum atomic E-state index is -1.62. The number of pyridine rings is 1. The van der Waals surface area contributed by atoms with Crippen LogP contribution in [0.2, 0.25) is 10.0 Å². The van der Waals surface area contributed by atoms with Crippen LogP contribution in [0.3, 0.4) is 0 Å². The van der Waals surface area contributed by atoms with Gasteiger partial charge in [0.2, 0.25) is 12.4 Å². The molecule has 4 aromatic rings. The average Bonchev–Trinajstić information content (AvgIpc) is 3.59. The number of carbonyl (C=O) groups excluding carboxylic acids is 2. The highest BCUT2D eigenvalue weighted by Crippen LogP contribution is 2.42. The molecule has 52 heavy (non-hydrogen) atoms. The number of nitrogens with one attached hydrogen (secondary N) is 1. The number of hydrogen-bond donors (Lipinski definition) is 3. The normalized spacial score (nSPS) is 19.8. The van der Waals surface area contributed by atoms with Gasteiger partial charge in [-0.15, -0.1) is 11.3 Å². The third kappa shape index (κ3) is 7.73. The summed E-state index contributed by atoms with van der Waals surface area (Å²) in [6, 6.07) is 15.9. The van der Waals surface area contributed by atoms with Crippen LogP contribution in [0.15, 0.2) is 67.0 Å². The SMILES string of the molecule is COc1ccc([C@H](Cc2c(Cl)c[n+](O)cc2Cl)c2cc(CNC(CO)(C(=O)OCC34CCN(CC3)CC4)c3ccccc3)sc2C(=O)[O-])cc1OC. The third-order valence-corrected chi connectivity index (χ3v) is 12.2. The maximum Gasteiger partial charge on any atom is 0.333 e. The van der Waals surface area contributed by atoms with E-state index in [1.54, 1.807) is 48.5 Å². The first-order valence-corrected chi connectivity index (χ1v) is 18.5. The maximum absolute atomic E-state index is 14.1. The van der Waals surface area contributed by atoms with Crippen LogP contribution in [0, 0.1) is 5.41 Å². The van der Waals surface area contributed by atoms with Gasteiger partial charge in [-0.05, 0) is 80.2 Å². The van der Waals surface area contributed by atoms with Crippen molar-refractivity contribution in [3.63, 3.8) is 0 Å². The van der Waals surface area contributed by atoms with Crippen LogP contribution >= 0.6 is 34.5 Å². The standard InChI is InChI=1S/C38H41Cl2N3O8S/c1-49-32-9-8-24(16-33(32)50-2)27(18-29-30(39)20-43(48)21-31(29)40)28-17-26(52-34(28)35(45)46)19-41-38(22-44,25-6-4-3-5-7-25)36(47)51-23-37-10-13-42(14-11-37)15-12-37/h3-9,16-17,20-21,27,41,44H,10-15,18-19,22-23H2,1-2H3,(H-,45,46,48)/t27-,38?/m0/s1. The molecule has 7 rings (SSSR count). The molecule has 11 nitrogen and oxygen atoms in total. The van der Waals surface area contributed by atoms with Gasteiger partial charge in [-0.3, -0.25) is 10.5 Å². The summed E-state index contributed by atoms with van der Waals surface area (Å²) in [7, 11) is 3.02. The number of carboxylic acid groups (broad SMARTS) is 1. The number of hydrogen-bond acceptors (Lipinski definition) is 11. The predicted octanol–water partition coefficient (Wildman–Crippen LogP) is 4.34. The number of halogens is 2. The highest BCUT2D eigenvalue weighted by atomic mass is 35.5. The number of carbonyl (C=O) groups is 2. The quantitative estimate of drug-likeness (QED) is 0.0908. The number of thiophene rings is 1. The predicted molar refractivity (Wildman–Crippen MR) is 193 cm³/mol. The van der Waals surface area contributed by atoms with E-state index in [0.29, 0.717) is 38.6 Å². The van der Waals surface area contributed by atoms with Crippen molar-refractivity contribution in [3.05, 3.63) is 109 Å². The number of benzene rings is 2. The van der Waals surface area contributed by atoms with Crippen LogP contribution in [0.25, 0.3) is 0 Å². The van der Waals surface area contributed by atoms with E-state index in [0.717, 1.165) is 55.0 Å². The van der Waals surface area contributed by atoms with Gasteiger partial charge < -0.3 is 34.1 Å². The van der Waals surface area contributed by atoms with E-state index in [9.17, 15) is 25.0 Å². The molecule has 0 spiro atoms. The van der Waals surface area contributed by atoms with E-state index in [4.69, 9.17) is 37.4 Å². The number of aromatic nitrogens is 1. The summed E-state index contributed by atoms with van der Waals surface area (Å²) in [5.41, 5.74) is 0.408. The van der Waals surface area contributed by atoms with E-state index in [1.807, 2.05) is 6.07 Å². The minimum absolute atomic E-state index is 0.0195. The molecule has 3 saturated heterocycles. The van der Waals surface area contributed by atoms with Crippen LogP contribution in [0.5, 0.6) is 11.5 Å². The highest BCUT2D eigenvalue weighted by molar-refractivity contribution is 7.14. The molecule has 2 aromatic heterocycles. The zero-order valence-electron chi connectivity index (χ0n) is 28.9. The Bertz CT molecular complexity index is 1880. The Morgan fingerprint density at radius 2 is 1.67 bits per heavy atom. The summed E-state index contributed by atoms with van der Waals surface area (Å²) >= 11 is 14.1. The van der Waals surface area contributed by atoms with E-state index >= 15 is 0 Å². The fraction of sp³-hybridized carbons (Fsp3) is 0.395.